The number of pyridine rings is 1. The van der Waals surface area contributed by atoms with Gasteiger partial charge in [0.2, 0.25) is 0 Å². The Kier molecular flexibility index (Phi) is 6.52. The molecule has 6 heteroatoms. The summed E-state index contributed by atoms with van der Waals surface area (Å²) in [7, 11) is 1.30. The summed E-state index contributed by atoms with van der Waals surface area (Å²) in [5.41, 5.74) is 1.94. The third kappa shape index (κ3) is 5.57. The van der Waals surface area contributed by atoms with Crippen LogP contribution in [0.4, 0.5) is 4.79 Å². The van der Waals surface area contributed by atoms with Crippen LogP contribution in [-0.4, -0.2) is 30.7 Å². The topological polar surface area (TPSA) is 77.5 Å². The van der Waals surface area contributed by atoms with E-state index in [9.17, 15) is 9.59 Å². The highest BCUT2D eigenvalue weighted by atomic mass is 16.5. The molecule has 0 bridgehead atoms. The molecule has 1 N–H and O–H groups in total. The minimum absolute atomic E-state index is 0.225. The van der Waals surface area contributed by atoms with Crippen LogP contribution in [0.15, 0.2) is 54.7 Å². The van der Waals surface area contributed by atoms with E-state index < -0.39 is 12.1 Å². The van der Waals surface area contributed by atoms with E-state index in [4.69, 9.17) is 4.74 Å². The maximum atomic E-state index is 11.6. The van der Waals surface area contributed by atoms with E-state index in [0.29, 0.717) is 6.54 Å². The summed E-state index contributed by atoms with van der Waals surface area (Å²) in [5, 5.41) is 2.62. The Balaban J connectivity index is 1.76. The number of amides is 1. The van der Waals surface area contributed by atoms with Gasteiger partial charge in [-0.05, 0) is 23.3 Å². The summed E-state index contributed by atoms with van der Waals surface area (Å²) in [5.74, 6) is -0.493. The normalized spacial score (nSPS) is 10.4. The van der Waals surface area contributed by atoms with E-state index >= 15 is 0 Å². The second-order valence-electron chi connectivity index (χ2n) is 4.81. The number of hydrogen-bond donors (Lipinski definition) is 1. The number of carbonyl (C=O) groups excluding carboxylic acids is 2. The fourth-order valence-corrected chi connectivity index (χ4v) is 1.88. The van der Waals surface area contributed by atoms with Crippen LogP contribution < -0.4 is 5.32 Å². The Morgan fingerprint density at radius 3 is 2.75 bits per heavy atom. The van der Waals surface area contributed by atoms with Crippen molar-refractivity contribution >= 4 is 18.1 Å². The standard InChI is InChI=1S/C18H18N2O4/c1-23-17(21)16-12-14(9-11-19-16)8-5-10-20-18(22)24-13-15-6-3-2-4-7-15/h2-9,11-12H,10,13H2,1H3,(H,20,22). The number of methoxy groups -OCH3 is 1. The van der Waals surface area contributed by atoms with Crippen LogP contribution in [0, 0.1) is 0 Å². The van der Waals surface area contributed by atoms with Crippen LogP contribution in [0.3, 0.4) is 0 Å². The molecule has 0 saturated heterocycles. The molecule has 124 valence electrons. The van der Waals surface area contributed by atoms with Crippen molar-refractivity contribution in [1.29, 1.82) is 0 Å². The van der Waals surface area contributed by atoms with E-state index in [2.05, 4.69) is 15.0 Å². The first-order valence-electron chi connectivity index (χ1n) is 7.34. The molecular weight excluding hydrogens is 308 g/mol. The molecule has 2 rings (SSSR count). The van der Waals surface area contributed by atoms with Gasteiger partial charge in [0.05, 0.1) is 7.11 Å². The Hall–Kier alpha value is -3.15. The Bertz CT molecular complexity index is 714. The molecule has 0 saturated carbocycles. The van der Waals surface area contributed by atoms with Crippen molar-refractivity contribution in [2.45, 2.75) is 6.61 Å². The molecule has 0 aliphatic rings. The Labute approximate surface area is 140 Å². The van der Waals surface area contributed by atoms with E-state index in [-0.39, 0.29) is 12.3 Å². The van der Waals surface area contributed by atoms with Crippen LogP contribution in [0.2, 0.25) is 0 Å². The largest absolute Gasteiger partial charge is 0.464 e. The quantitative estimate of drug-likeness (QED) is 0.826. The van der Waals surface area contributed by atoms with E-state index in [1.807, 2.05) is 30.3 Å². The van der Waals surface area contributed by atoms with E-state index in [1.54, 1.807) is 24.3 Å². The van der Waals surface area contributed by atoms with Gasteiger partial charge in [-0.2, -0.15) is 0 Å². The predicted molar refractivity (Wildman–Crippen MR) is 89.2 cm³/mol. The van der Waals surface area contributed by atoms with Gasteiger partial charge in [-0.3, -0.25) is 0 Å². The molecule has 0 aliphatic carbocycles. The summed E-state index contributed by atoms with van der Waals surface area (Å²) in [4.78, 5) is 26.9. The summed E-state index contributed by atoms with van der Waals surface area (Å²) in [6.07, 6.45) is 4.55. The number of esters is 1. The average molecular weight is 326 g/mol. The molecule has 6 nitrogen and oxygen atoms in total. The number of ether oxygens (including phenoxy) is 2. The molecule has 1 aromatic carbocycles. The predicted octanol–water partition coefficient (Wildman–Crippen LogP) is 2.81. The monoisotopic (exact) mass is 326 g/mol. The van der Waals surface area contributed by atoms with Gasteiger partial charge in [0.25, 0.3) is 0 Å². The van der Waals surface area contributed by atoms with E-state index in [0.717, 1.165) is 11.1 Å². The van der Waals surface area contributed by atoms with Crippen molar-refractivity contribution in [3.05, 3.63) is 71.6 Å². The maximum absolute atomic E-state index is 11.6. The molecule has 2 aromatic rings. The van der Waals surface area contributed by atoms with Crippen LogP contribution in [0.1, 0.15) is 21.6 Å². The van der Waals surface area contributed by atoms with Gasteiger partial charge < -0.3 is 14.8 Å². The average Bonchev–Trinajstić information content (AvgIpc) is 2.64. The number of nitrogens with one attached hydrogen (secondary N) is 1. The number of alkyl carbamates (subject to hydrolysis) is 1. The van der Waals surface area contributed by atoms with Crippen molar-refractivity contribution < 1.29 is 19.1 Å². The molecule has 0 radical (unpaired) electrons. The number of benzene rings is 1. The van der Waals surface area contributed by atoms with Gasteiger partial charge in [-0.1, -0.05) is 42.5 Å². The second-order valence-corrected chi connectivity index (χ2v) is 4.81. The SMILES string of the molecule is COC(=O)c1cc(C=CCNC(=O)OCc2ccccc2)ccn1. The number of aromatic nitrogens is 1. The lowest BCUT2D eigenvalue weighted by Gasteiger charge is -2.05. The van der Waals surface area contributed by atoms with Crippen molar-refractivity contribution in [1.82, 2.24) is 10.3 Å². The minimum Gasteiger partial charge on any atom is -0.464 e. The van der Waals surface area contributed by atoms with E-state index in [1.165, 1.54) is 13.3 Å². The Morgan fingerprint density at radius 2 is 2.00 bits per heavy atom. The van der Waals surface area contributed by atoms with Gasteiger partial charge in [0.1, 0.15) is 12.3 Å². The van der Waals surface area contributed by atoms with Crippen LogP contribution in [-0.2, 0) is 16.1 Å². The zero-order chi connectivity index (χ0) is 17.2. The number of carbonyl (C=O) groups is 2. The second kappa shape index (κ2) is 9.09. The molecular formula is C18H18N2O4. The van der Waals surface area contributed by atoms with Gasteiger partial charge in [0.15, 0.2) is 0 Å². The molecule has 24 heavy (non-hydrogen) atoms. The molecule has 0 atom stereocenters. The minimum atomic E-state index is -0.493. The van der Waals surface area contributed by atoms with Crippen molar-refractivity contribution in [3.8, 4) is 0 Å². The highest BCUT2D eigenvalue weighted by molar-refractivity contribution is 5.87. The molecule has 1 heterocycles. The molecule has 1 amide bonds. The van der Waals surface area contributed by atoms with Crippen molar-refractivity contribution in [2.24, 2.45) is 0 Å². The number of nitrogens with zero attached hydrogens (tertiary/aromatic N) is 1. The highest BCUT2D eigenvalue weighted by Gasteiger charge is 2.06. The maximum Gasteiger partial charge on any atom is 0.407 e. The van der Waals surface area contributed by atoms with Gasteiger partial charge in [-0.25, -0.2) is 14.6 Å². The molecule has 1 aromatic heterocycles. The summed E-state index contributed by atoms with van der Waals surface area (Å²) in [6, 6.07) is 12.8. The Morgan fingerprint density at radius 1 is 1.21 bits per heavy atom. The summed E-state index contributed by atoms with van der Waals surface area (Å²) >= 11 is 0. The van der Waals surface area contributed by atoms with Crippen LogP contribution in [0.25, 0.3) is 6.08 Å². The van der Waals surface area contributed by atoms with Crippen LogP contribution in [0.5, 0.6) is 0 Å². The van der Waals surface area contributed by atoms with Gasteiger partial charge >= 0.3 is 12.1 Å². The number of rotatable bonds is 6. The fourth-order valence-electron chi connectivity index (χ4n) is 1.88. The third-order valence-corrected chi connectivity index (χ3v) is 3.07. The van der Waals surface area contributed by atoms with Gasteiger partial charge in [0, 0.05) is 12.7 Å². The molecule has 0 spiro atoms. The lowest BCUT2D eigenvalue weighted by Crippen LogP contribution is -2.24. The smallest absolute Gasteiger partial charge is 0.407 e. The molecule has 0 aliphatic heterocycles. The van der Waals surface area contributed by atoms with Crippen LogP contribution >= 0.6 is 0 Å². The fraction of sp³-hybridized carbons (Fsp3) is 0.167. The first-order chi connectivity index (χ1) is 11.7. The highest BCUT2D eigenvalue weighted by Crippen LogP contribution is 2.05. The molecule has 0 fully saturated rings. The number of hydrogen-bond acceptors (Lipinski definition) is 5. The summed E-state index contributed by atoms with van der Waals surface area (Å²) in [6.45, 7) is 0.534. The lowest BCUT2D eigenvalue weighted by molar-refractivity contribution is 0.0594. The third-order valence-electron chi connectivity index (χ3n) is 3.07. The van der Waals surface area contributed by atoms with Crippen molar-refractivity contribution in [3.63, 3.8) is 0 Å². The summed E-state index contributed by atoms with van der Waals surface area (Å²) < 4.78 is 9.70. The van der Waals surface area contributed by atoms with Crippen molar-refractivity contribution in [2.75, 3.05) is 13.7 Å². The van der Waals surface area contributed by atoms with Gasteiger partial charge in [-0.15, -0.1) is 0 Å². The first-order valence-corrected chi connectivity index (χ1v) is 7.34. The zero-order valence-electron chi connectivity index (χ0n) is 13.3. The zero-order valence-corrected chi connectivity index (χ0v) is 13.3. The first kappa shape index (κ1) is 17.2. The lowest BCUT2D eigenvalue weighted by atomic mass is 10.2. The molecule has 0 unspecified atom stereocenters.